The molecule has 56 valence electrons. The van der Waals surface area contributed by atoms with E-state index in [2.05, 4.69) is 0 Å². The van der Waals surface area contributed by atoms with Gasteiger partial charge in [-0.25, -0.2) is 0 Å². The molecule has 0 amide bonds. The summed E-state index contributed by atoms with van der Waals surface area (Å²) in [6.07, 6.45) is 6.01. The fourth-order valence-electron chi connectivity index (χ4n) is 0.755. The van der Waals surface area contributed by atoms with Crippen molar-refractivity contribution in [3.8, 4) is 0 Å². The Hall–Kier alpha value is -0.120. The molecule has 1 aliphatic rings. The highest BCUT2D eigenvalue weighted by atomic mass is 35.7. The minimum absolute atomic E-state index is 0.0611. The van der Waals surface area contributed by atoms with E-state index in [0.717, 1.165) is 5.70 Å². The first-order valence-corrected chi connectivity index (χ1v) is 4.95. The molecular weight excluding hydrogens is 170 g/mol. The van der Waals surface area contributed by atoms with Crippen LogP contribution in [0.4, 0.5) is 0 Å². The van der Waals surface area contributed by atoms with E-state index >= 15 is 0 Å². The lowest BCUT2D eigenvalue weighted by Crippen LogP contribution is -2.15. The Kier molecular flexibility index (Phi) is 2.65. The highest BCUT2D eigenvalue weighted by Crippen LogP contribution is 2.17. The first kappa shape index (κ1) is 7.98. The Bertz CT molecular complexity index is 179. The largest absolute Gasteiger partial charge is 0.599 e. The van der Waals surface area contributed by atoms with Gasteiger partial charge in [-0.05, 0) is 12.2 Å². The average Bonchev–Trinajstić information content (AvgIpc) is 1.88. The van der Waals surface area contributed by atoms with E-state index < -0.39 is 10.4 Å². The third-order valence-corrected chi connectivity index (χ3v) is 2.84. The van der Waals surface area contributed by atoms with Crippen molar-refractivity contribution in [2.75, 3.05) is 0 Å². The molecule has 0 radical (unpaired) electrons. The number of allylic oxidation sites excluding steroid dienone is 2. The summed E-state index contributed by atoms with van der Waals surface area (Å²) >= 11 is 0. The van der Waals surface area contributed by atoms with Gasteiger partial charge in [-0.1, -0.05) is 6.08 Å². The van der Waals surface area contributed by atoms with Crippen LogP contribution in [0.25, 0.3) is 0 Å². The van der Waals surface area contributed by atoms with Crippen LogP contribution in [0.5, 0.6) is 0 Å². The van der Waals surface area contributed by atoms with Gasteiger partial charge in [0.05, 0.1) is 10.4 Å². The maximum Gasteiger partial charge on any atom is 0.174 e. The molecular formula is C6H8ClNOS. The molecule has 0 aromatic rings. The second kappa shape index (κ2) is 3.32. The third-order valence-electron chi connectivity index (χ3n) is 1.33. The average molecular weight is 178 g/mol. The Balaban J connectivity index is 2.52. The van der Waals surface area contributed by atoms with E-state index in [1.165, 1.54) is 0 Å². The van der Waals surface area contributed by atoms with Crippen LogP contribution in [0, 0.1) is 0 Å². The smallest absolute Gasteiger partial charge is 0.174 e. The predicted molar refractivity (Wildman–Crippen MR) is 43.8 cm³/mol. The first-order valence-electron chi connectivity index (χ1n) is 2.91. The standard InChI is InChI=1S/C6H8ClNOS/c7-10(9)6-3-1-5(8)2-4-6/h1-3,6H,4,8H2. The molecule has 4 heteroatoms. The summed E-state index contributed by atoms with van der Waals surface area (Å²) in [7, 11) is 4.07. The predicted octanol–water partition coefficient (Wildman–Crippen LogP) is 1.06. The van der Waals surface area contributed by atoms with Gasteiger partial charge in [0.2, 0.25) is 0 Å². The van der Waals surface area contributed by atoms with E-state index in [0.29, 0.717) is 6.42 Å². The zero-order chi connectivity index (χ0) is 7.56. The number of rotatable bonds is 1. The number of hydrogen-bond donors (Lipinski definition) is 1. The molecule has 1 rings (SSSR count). The van der Waals surface area contributed by atoms with Crippen molar-refractivity contribution >= 4 is 21.1 Å². The van der Waals surface area contributed by atoms with Crippen molar-refractivity contribution in [2.24, 2.45) is 5.73 Å². The summed E-state index contributed by atoms with van der Waals surface area (Å²) < 4.78 is 10.7. The summed E-state index contributed by atoms with van der Waals surface area (Å²) in [5.41, 5.74) is 6.15. The van der Waals surface area contributed by atoms with Gasteiger partial charge in [0.25, 0.3) is 0 Å². The van der Waals surface area contributed by atoms with Crippen molar-refractivity contribution in [1.82, 2.24) is 0 Å². The van der Waals surface area contributed by atoms with Crippen molar-refractivity contribution < 1.29 is 4.55 Å². The molecule has 0 aliphatic heterocycles. The molecule has 2 nitrogen and oxygen atoms in total. The van der Waals surface area contributed by atoms with Gasteiger partial charge in [0, 0.05) is 12.1 Å². The van der Waals surface area contributed by atoms with Gasteiger partial charge < -0.3 is 10.3 Å². The minimum atomic E-state index is -1.28. The van der Waals surface area contributed by atoms with E-state index in [-0.39, 0.29) is 5.25 Å². The normalized spacial score (nSPS) is 27.8. The zero-order valence-electron chi connectivity index (χ0n) is 5.29. The van der Waals surface area contributed by atoms with Gasteiger partial charge in [-0.2, -0.15) is 0 Å². The molecule has 0 bridgehead atoms. The van der Waals surface area contributed by atoms with Gasteiger partial charge in [0.1, 0.15) is 0 Å². The molecule has 0 saturated heterocycles. The lowest BCUT2D eigenvalue weighted by molar-refractivity contribution is 0.601. The van der Waals surface area contributed by atoms with Crippen LogP contribution in [0.2, 0.25) is 0 Å². The van der Waals surface area contributed by atoms with Crippen molar-refractivity contribution in [1.29, 1.82) is 0 Å². The van der Waals surface area contributed by atoms with Gasteiger partial charge >= 0.3 is 0 Å². The SMILES string of the molecule is NC1=CCC([S+]([O-])Cl)C=C1. The van der Waals surface area contributed by atoms with Crippen molar-refractivity contribution in [3.63, 3.8) is 0 Å². The Morgan fingerprint density at radius 1 is 1.80 bits per heavy atom. The molecule has 0 saturated carbocycles. The van der Waals surface area contributed by atoms with E-state index in [9.17, 15) is 4.55 Å². The quantitative estimate of drug-likeness (QED) is 0.609. The first-order chi connectivity index (χ1) is 4.70. The van der Waals surface area contributed by atoms with E-state index in [1.54, 1.807) is 12.2 Å². The molecule has 1 aliphatic carbocycles. The zero-order valence-corrected chi connectivity index (χ0v) is 6.86. The van der Waals surface area contributed by atoms with Crippen LogP contribution in [0.15, 0.2) is 23.9 Å². The number of hydrogen-bond acceptors (Lipinski definition) is 2. The monoisotopic (exact) mass is 177 g/mol. The molecule has 0 fully saturated rings. The highest BCUT2D eigenvalue weighted by Gasteiger charge is 2.18. The summed E-state index contributed by atoms with van der Waals surface area (Å²) in [6.45, 7) is 0. The van der Waals surface area contributed by atoms with E-state index in [4.69, 9.17) is 16.4 Å². The van der Waals surface area contributed by atoms with Gasteiger partial charge in [-0.15, -0.1) is 0 Å². The number of nitrogens with two attached hydrogens (primary N) is 1. The van der Waals surface area contributed by atoms with Crippen LogP contribution < -0.4 is 5.73 Å². The summed E-state index contributed by atoms with van der Waals surface area (Å²) in [4.78, 5) is 0. The van der Waals surface area contributed by atoms with Crippen LogP contribution in [0.3, 0.4) is 0 Å². The number of halogens is 1. The Morgan fingerprint density at radius 3 is 2.90 bits per heavy atom. The van der Waals surface area contributed by atoms with Crippen LogP contribution >= 0.6 is 10.7 Å². The second-order valence-corrected chi connectivity index (χ2v) is 4.10. The second-order valence-electron chi connectivity index (χ2n) is 2.09. The fraction of sp³-hybridized carbons (Fsp3) is 0.333. The molecule has 0 spiro atoms. The maximum atomic E-state index is 10.7. The Labute approximate surface area is 67.4 Å². The minimum Gasteiger partial charge on any atom is -0.599 e. The molecule has 2 atom stereocenters. The molecule has 10 heavy (non-hydrogen) atoms. The van der Waals surface area contributed by atoms with Gasteiger partial charge in [0.15, 0.2) is 15.9 Å². The highest BCUT2D eigenvalue weighted by molar-refractivity contribution is 8.14. The molecule has 2 N–H and O–H groups in total. The summed E-state index contributed by atoms with van der Waals surface area (Å²) in [6, 6.07) is 0. The fourth-order valence-corrected chi connectivity index (χ4v) is 1.60. The van der Waals surface area contributed by atoms with Crippen LogP contribution in [-0.4, -0.2) is 9.80 Å². The topological polar surface area (TPSA) is 49.1 Å². The van der Waals surface area contributed by atoms with Crippen LogP contribution in [0.1, 0.15) is 6.42 Å². The molecule has 2 unspecified atom stereocenters. The molecule has 0 aromatic heterocycles. The molecule has 0 heterocycles. The summed E-state index contributed by atoms with van der Waals surface area (Å²) in [5.74, 6) is 0. The van der Waals surface area contributed by atoms with Crippen molar-refractivity contribution in [3.05, 3.63) is 23.9 Å². The van der Waals surface area contributed by atoms with Crippen molar-refractivity contribution in [2.45, 2.75) is 11.7 Å². The molecule has 0 aromatic carbocycles. The Morgan fingerprint density at radius 2 is 2.50 bits per heavy atom. The lowest BCUT2D eigenvalue weighted by Gasteiger charge is -2.12. The maximum absolute atomic E-state index is 10.7. The third kappa shape index (κ3) is 1.94. The summed E-state index contributed by atoms with van der Waals surface area (Å²) in [5, 5.41) is -0.0611. The lowest BCUT2D eigenvalue weighted by atomic mass is 10.1. The van der Waals surface area contributed by atoms with Gasteiger partial charge in [-0.3, -0.25) is 0 Å². The van der Waals surface area contributed by atoms with E-state index in [1.807, 2.05) is 6.08 Å². The van der Waals surface area contributed by atoms with Crippen LogP contribution in [-0.2, 0) is 10.4 Å².